The lowest BCUT2D eigenvalue weighted by Gasteiger charge is -2.29. The van der Waals surface area contributed by atoms with Crippen LogP contribution in [0.5, 0.6) is 5.75 Å². The summed E-state index contributed by atoms with van der Waals surface area (Å²) in [6.45, 7) is 2.11. The monoisotopic (exact) mass is 474 g/mol. The molecule has 0 amide bonds. The molecule has 1 saturated heterocycles. The highest BCUT2D eigenvalue weighted by atomic mass is 35.5. The quantitative estimate of drug-likeness (QED) is 0.358. The predicted octanol–water partition coefficient (Wildman–Crippen LogP) is 6.02. The molecule has 33 heavy (non-hydrogen) atoms. The number of hydrogen-bond acceptors (Lipinski definition) is 3. The minimum Gasteiger partial charge on any atom is -0.497 e. The summed E-state index contributed by atoms with van der Waals surface area (Å²) in [5, 5.41) is 4.85. The van der Waals surface area contributed by atoms with Crippen molar-refractivity contribution in [2.45, 2.75) is 19.0 Å². The molecule has 4 aromatic rings. The van der Waals surface area contributed by atoms with Crippen molar-refractivity contribution in [2.24, 2.45) is 0 Å². The number of aromatic nitrogens is 2. The molecule has 3 heterocycles. The highest BCUT2D eigenvalue weighted by molar-refractivity contribution is 7.80. The Bertz CT molecular complexity index is 1270. The summed E-state index contributed by atoms with van der Waals surface area (Å²) < 4.78 is 7.62. The van der Waals surface area contributed by atoms with Gasteiger partial charge in [-0.15, -0.1) is 0 Å². The molecule has 2 atom stereocenters. The van der Waals surface area contributed by atoms with E-state index in [2.05, 4.69) is 51.0 Å². The average Bonchev–Trinajstić information content (AvgIpc) is 3.39. The Hall–Kier alpha value is -3.35. The highest BCUT2D eigenvalue weighted by Crippen LogP contribution is 2.43. The summed E-state index contributed by atoms with van der Waals surface area (Å²) >= 11 is 12.0. The molecule has 0 saturated carbocycles. The SMILES string of the molecule is COc1ccc(-n2c(C)ccc2[C@@H]2[C@@H](c3ccccn3)NC(=S)N2c2ccc(Cl)cc2)cc1. The van der Waals surface area contributed by atoms with Crippen LogP contribution in [0.4, 0.5) is 5.69 Å². The van der Waals surface area contributed by atoms with Crippen LogP contribution in [0, 0.1) is 6.92 Å². The van der Waals surface area contributed by atoms with Gasteiger partial charge in [-0.05, 0) is 91.9 Å². The Morgan fingerprint density at radius 2 is 1.67 bits per heavy atom. The van der Waals surface area contributed by atoms with E-state index in [1.165, 1.54) is 0 Å². The first-order chi connectivity index (χ1) is 16.1. The van der Waals surface area contributed by atoms with Crippen molar-refractivity contribution >= 4 is 34.6 Å². The van der Waals surface area contributed by atoms with E-state index in [-0.39, 0.29) is 12.1 Å². The van der Waals surface area contributed by atoms with Crippen LogP contribution in [0.1, 0.15) is 29.2 Å². The Morgan fingerprint density at radius 3 is 2.33 bits per heavy atom. The minimum absolute atomic E-state index is 0.121. The van der Waals surface area contributed by atoms with Gasteiger partial charge in [0, 0.05) is 34.0 Å². The summed E-state index contributed by atoms with van der Waals surface area (Å²) in [5.41, 5.74) is 5.20. The number of benzene rings is 2. The van der Waals surface area contributed by atoms with Crippen molar-refractivity contribution in [2.75, 3.05) is 12.0 Å². The van der Waals surface area contributed by atoms with Crippen LogP contribution < -0.4 is 15.0 Å². The average molecular weight is 475 g/mol. The Kier molecular flexibility index (Phi) is 5.79. The smallest absolute Gasteiger partial charge is 0.174 e. The number of thiocarbonyl (C=S) groups is 1. The lowest BCUT2D eigenvalue weighted by Crippen LogP contribution is -2.30. The highest BCUT2D eigenvalue weighted by Gasteiger charge is 2.42. The van der Waals surface area contributed by atoms with Gasteiger partial charge in [-0.1, -0.05) is 17.7 Å². The standard InChI is InChI=1S/C26H23ClN4OS/c1-17-6-15-23(30(17)19-11-13-21(32-2)14-12-19)25-24(22-5-3-4-16-28-22)29-26(33)31(25)20-9-7-18(27)8-10-20/h3-16,24-25H,1-2H3,(H,29,33)/t24-,25-/m1/s1. The summed E-state index contributed by atoms with van der Waals surface area (Å²) in [6, 6.07) is 25.9. The topological polar surface area (TPSA) is 42.3 Å². The van der Waals surface area contributed by atoms with Gasteiger partial charge in [0.15, 0.2) is 5.11 Å². The van der Waals surface area contributed by atoms with Gasteiger partial charge in [0.1, 0.15) is 11.8 Å². The maximum Gasteiger partial charge on any atom is 0.174 e. The summed E-state index contributed by atoms with van der Waals surface area (Å²) in [4.78, 5) is 6.80. The van der Waals surface area contributed by atoms with Crippen LogP contribution in [-0.4, -0.2) is 21.8 Å². The Morgan fingerprint density at radius 1 is 0.939 bits per heavy atom. The minimum atomic E-state index is -0.124. The number of methoxy groups -OCH3 is 1. The van der Waals surface area contributed by atoms with E-state index in [4.69, 9.17) is 28.6 Å². The number of ether oxygens (including phenoxy) is 1. The molecule has 0 aliphatic carbocycles. The predicted molar refractivity (Wildman–Crippen MR) is 136 cm³/mol. The summed E-state index contributed by atoms with van der Waals surface area (Å²) in [6.07, 6.45) is 1.82. The molecule has 0 spiro atoms. The molecule has 1 fully saturated rings. The third-order valence-corrected chi connectivity index (χ3v) is 6.51. The second kappa shape index (κ2) is 8.89. The number of halogens is 1. The molecule has 166 valence electrons. The number of pyridine rings is 1. The zero-order valence-electron chi connectivity index (χ0n) is 18.3. The molecule has 1 aliphatic heterocycles. The molecule has 0 unspecified atom stereocenters. The van der Waals surface area contributed by atoms with Gasteiger partial charge in [0.05, 0.1) is 18.8 Å². The molecule has 0 bridgehead atoms. The van der Waals surface area contributed by atoms with Crippen LogP contribution >= 0.6 is 23.8 Å². The maximum atomic E-state index is 6.17. The van der Waals surface area contributed by atoms with Gasteiger partial charge in [-0.3, -0.25) is 4.98 Å². The number of aryl methyl sites for hydroxylation is 1. The number of nitrogens with zero attached hydrogens (tertiary/aromatic N) is 3. The molecular weight excluding hydrogens is 452 g/mol. The summed E-state index contributed by atoms with van der Waals surface area (Å²) in [5.74, 6) is 0.822. The zero-order valence-corrected chi connectivity index (χ0v) is 19.8. The van der Waals surface area contributed by atoms with Crippen LogP contribution in [0.15, 0.2) is 85.1 Å². The number of nitrogens with one attached hydrogen (secondary N) is 1. The molecule has 1 N–H and O–H groups in total. The van der Waals surface area contributed by atoms with Crippen molar-refractivity contribution in [3.05, 3.63) is 107 Å². The fraction of sp³-hybridized carbons (Fsp3) is 0.154. The molecule has 2 aromatic carbocycles. The van der Waals surface area contributed by atoms with Gasteiger partial charge in [-0.25, -0.2) is 0 Å². The van der Waals surface area contributed by atoms with Crippen molar-refractivity contribution in [3.8, 4) is 11.4 Å². The van der Waals surface area contributed by atoms with Crippen LogP contribution in [0.25, 0.3) is 5.69 Å². The van der Waals surface area contributed by atoms with Crippen LogP contribution in [0.3, 0.4) is 0 Å². The fourth-order valence-electron chi connectivity index (χ4n) is 4.41. The molecule has 0 radical (unpaired) electrons. The van der Waals surface area contributed by atoms with Crippen molar-refractivity contribution < 1.29 is 4.74 Å². The van der Waals surface area contributed by atoms with Crippen molar-refractivity contribution in [3.63, 3.8) is 0 Å². The second-order valence-electron chi connectivity index (χ2n) is 7.91. The normalized spacial score (nSPS) is 17.8. The fourth-order valence-corrected chi connectivity index (χ4v) is 4.88. The lowest BCUT2D eigenvalue weighted by molar-refractivity contribution is 0.414. The van der Waals surface area contributed by atoms with Gasteiger partial charge in [0.25, 0.3) is 0 Å². The largest absolute Gasteiger partial charge is 0.497 e. The Labute approximate surface area is 203 Å². The number of anilines is 1. The van der Waals surface area contributed by atoms with Gasteiger partial charge < -0.3 is 19.5 Å². The third-order valence-electron chi connectivity index (χ3n) is 5.94. The summed E-state index contributed by atoms with van der Waals surface area (Å²) in [7, 11) is 1.67. The van der Waals surface area contributed by atoms with Crippen molar-refractivity contribution in [1.82, 2.24) is 14.9 Å². The van der Waals surface area contributed by atoms with E-state index in [1.807, 2.05) is 60.8 Å². The molecule has 7 heteroatoms. The number of hydrogen-bond donors (Lipinski definition) is 1. The third kappa shape index (κ3) is 3.96. The molecule has 1 aliphatic rings. The van der Waals surface area contributed by atoms with E-state index in [1.54, 1.807) is 7.11 Å². The van der Waals surface area contributed by atoms with Gasteiger partial charge >= 0.3 is 0 Å². The first-order valence-electron chi connectivity index (χ1n) is 10.7. The van der Waals surface area contributed by atoms with E-state index < -0.39 is 0 Å². The molecular formula is C26H23ClN4OS. The van der Waals surface area contributed by atoms with E-state index in [0.717, 1.165) is 34.2 Å². The molecule has 5 rings (SSSR count). The molecule has 2 aromatic heterocycles. The van der Waals surface area contributed by atoms with Crippen molar-refractivity contribution in [1.29, 1.82) is 0 Å². The second-order valence-corrected chi connectivity index (χ2v) is 8.73. The van der Waals surface area contributed by atoms with Crippen LogP contribution in [-0.2, 0) is 0 Å². The zero-order chi connectivity index (χ0) is 22.9. The van der Waals surface area contributed by atoms with Crippen LogP contribution in [0.2, 0.25) is 5.02 Å². The first-order valence-corrected chi connectivity index (χ1v) is 11.4. The maximum absolute atomic E-state index is 6.17. The van der Waals surface area contributed by atoms with E-state index in [9.17, 15) is 0 Å². The van der Waals surface area contributed by atoms with Gasteiger partial charge in [0.2, 0.25) is 0 Å². The lowest BCUT2D eigenvalue weighted by atomic mass is 10.0. The van der Waals surface area contributed by atoms with E-state index in [0.29, 0.717) is 10.1 Å². The Balaban J connectivity index is 1.67. The number of rotatable bonds is 5. The van der Waals surface area contributed by atoms with Gasteiger partial charge in [-0.2, -0.15) is 0 Å². The van der Waals surface area contributed by atoms with E-state index >= 15 is 0 Å². The first kappa shape index (κ1) is 21.5. The molecule has 5 nitrogen and oxygen atoms in total.